The maximum Gasteiger partial charge on any atom is 0.410 e. The van der Waals surface area contributed by atoms with E-state index in [0.29, 0.717) is 24.8 Å². The number of amides is 1. The minimum Gasteiger partial charge on any atom is -0.444 e. The number of fused-ring (bicyclic) bond motifs is 1. The van der Waals surface area contributed by atoms with Gasteiger partial charge >= 0.3 is 6.09 Å². The number of para-hydroxylation sites is 1. The Morgan fingerprint density at radius 1 is 1.31 bits per heavy atom. The van der Waals surface area contributed by atoms with Crippen LogP contribution in [-0.4, -0.2) is 44.8 Å². The van der Waals surface area contributed by atoms with Crippen molar-refractivity contribution in [3.63, 3.8) is 0 Å². The Labute approximate surface area is 169 Å². The molecule has 0 unspecified atom stereocenters. The van der Waals surface area contributed by atoms with Crippen molar-refractivity contribution in [2.75, 3.05) is 13.1 Å². The molecule has 1 aromatic carbocycles. The van der Waals surface area contributed by atoms with Crippen LogP contribution in [0.2, 0.25) is 0 Å². The molecule has 1 aliphatic rings. The second-order valence-electron chi connectivity index (χ2n) is 8.22. The number of aryl methyl sites for hydroxylation is 1. The average Bonchev–Trinajstić information content (AvgIpc) is 3.31. The number of nitrogens with zero attached hydrogens (tertiary/aromatic N) is 3. The number of benzene rings is 1. The predicted molar refractivity (Wildman–Crippen MR) is 111 cm³/mol. The van der Waals surface area contributed by atoms with Crippen molar-refractivity contribution in [2.24, 2.45) is 0 Å². The van der Waals surface area contributed by atoms with E-state index >= 15 is 0 Å². The summed E-state index contributed by atoms with van der Waals surface area (Å²) in [6.45, 7) is 8.69. The second-order valence-corrected chi connectivity index (χ2v) is 8.22. The van der Waals surface area contributed by atoms with Crippen LogP contribution in [0.25, 0.3) is 27.9 Å². The van der Waals surface area contributed by atoms with Gasteiger partial charge in [0.2, 0.25) is 5.82 Å². The fraction of sp³-hybridized carbons (Fsp3) is 0.409. The summed E-state index contributed by atoms with van der Waals surface area (Å²) in [6.07, 6.45) is 3.28. The zero-order valence-electron chi connectivity index (χ0n) is 17.3. The summed E-state index contributed by atoms with van der Waals surface area (Å²) in [6, 6.07) is 8.10. The van der Waals surface area contributed by atoms with Crippen molar-refractivity contribution >= 4 is 22.6 Å². The Kier molecular flexibility index (Phi) is 4.90. The van der Waals surface area contributed by atoms with E-state index in [1.807, 2.05) is 45.0 Å². The fourth-order valence-corrected chi connectivity index (χ4v) is 3.55. The summed E-state index contributed by atoms with van der Waals surface area (Å²) >= 11 is 0. The number of H-pyrrole nitrogens is 1. The standard InChI is InChI=1S/C22H26N4O3/c1-5-16-18(15-10-6-7-11-17(15)23-16)19-24-20(29-25-19)14-9-8-12-26(13-14)21(27)28-22(2,3)4/h6-7,9-11,23H,5,8,12-13H2,1-4H3. The smallest absolute Gasteiger partial charge is 0.410 e. The molecule has 0 radical (unpaired) electrons. The van der Waals surface area contributed by atoms with Crippen LogP contribution in [0.1, 0.15) is 45.7 Å². The Bertz CT molecular complexity index is 1070. The Balaban J connectivity index is 1.60. The van der Waals surface area contributed by atoms with Crippen molar-refractivity contribution in [2.45, 2.75) is 46.1 Å². The SMILES string of the molecule is CCc1[nH]c2ccccc2c1-c1noc(C2=CCCN(C(=O)OC(C)(C)C)C2)n1. The van der Waals surface area contributed by atoms with Gasteiger partial charge < -0.3 is 19.1 Å². The third-order valence-electron chi connectivity index (χ3n) is 4.86. The number of carbonyl (C=O) groups is 1. The number of hydrogen-bond donors (Lipinski definition) is 1. The van der Waals surface area contributed by atoms with Crippen LogP contribution >= 0.6 is 0 Å². The summed E-state index contributed by atoms with van der Waals surface area (Å²) in [5.41, 5.74) is 3.42. The lowest BCUT2D eigenvalue weighted by molar-refractivity contribution is 0.0272. The third kappa shape index (κ3) is 3.90. The first-order valence-corrected chi connectivity index (χ1v) is 9.96. The van der Waals surface area contributed by atoms with Crippen LogP contribution < -0.4 is 0 Å². The number of carbonyl (C=O) groups excluding carboxylic acids is 1. The highest BCUT2D eigenvalue weighted by Crippen LogP contribution is 2.32. The molecule has 3 heterocycles. The fourth-order valence-electron chi connectivity index (χ4n) is 3.55. The largest absolute Gasteiger partial charge is 0.444 e. The van der Waals surface area contributed by atoms with Crippen LogP contribution in [-0.2, 0) is 11.2 Å². The van der Waals surface area contributed by atoms with E-state index in [4.69, 9.17) is 9.26 Å². The first-order valence-electron chi connectivity index (χ1n) is 9.96. The molecular weight excluding hydrogens is 368 g/mol. The maximum atomic E-state index is 12.4. The van der Waals surface area contributed by atoms with Gasteiger partial charge in [0.1, 0.15) is 5.60 Å². The van der Waals surface area contributed by atoms with E-state index in [9.17, 15) is 4.79 Å². The Morgan fingerprint density at radius 3 is 2.86 bits per heavy atom. The molecule has 0 saturated heterocycles. The van der Waals surface area contributed by atoms with Crippen molar-refractivity contribution in [1.29, 1.82) is 0 Å². The quantitative estimate of drug-likeness (QED) is 0.689. The van der Waals surface area contributed by atoms with Gasteiger partial charge in [-0.1, -0.05) is 36.4 Å². The molecule has 152 valence electrons. The second kappa shape index (κ2) is 7.39. The molecule has 0 spiro atoms. The minimum atomic E-state index is -0.526. The molecule has 7 heteroatoms. The first-order chi connectivity index (χ1) is 13.9. The average molecular weight is 394 g/mol. The Morgan fingerprint density at radius 2 is 2.10 bits per heavy atom. The van der Waals surface area contributed by atoms with Crippen molar-refractivity contribution in [3.8, 4) is 11.4 Å². The molecule has 4 rings (SSSR count). The lowest BCUT2D eigenvalue weighted by Crippen LogP contribution is -2.39. The number of aromatic amines is 1. The number of rotatable bonds is 3. The highest BCUT2D eigenvalue weighted by molar-refractivity contribution is 5.95. The lowest BCUT2D eigenvalue weighted by Gasteiger charge is -2.29. The van der Waals surface area contributed by atoms with E-state index in [1.54, 1.807) is 4.90 Å². The van der Waals surface area contributed by atoms with Gasteiger partial charge in [-0.05, 0) is 39.7 Å². The number of ether oxygens (including phenoxy) is 1. The van der Waals surface area contributed by atoms with Crippen LogP contribution in [0.15, 0.2) is 34.9 Å². The molecule has 29 heavy (non-hydrogen) atoms. The monoisotopic (exact) mass is 394 g/mol. The molecule has 7 nitrogen and oxygen atoms in total. The zero-order chi connectivity index (χ0) is 20.6. The molecule has 0 saturated carbocycles. The highest BCUT2D eigenvalue weighted by atomic mass is 16.6. The summed E-state index contributed by atoms with van der Waals surface area (Å²) in [4.78, 5) is 22.2. The van der Waals surface area contributed by atoms with Gasteiger partial charge in [-0.15, -0.1) is 0 Å². The summed E-state index contributed by atoms with van der Waals surface area (Å²) in [5.74, 6) is 1.00. The molecule has 2 aromatic heterocycles. The van der Waals surface area contributed by atoms with E-state index in [0.717, 1.165) is 40.6 Å². The number of aromatic nitrogens is 3. The lowest BCUT2D eigenvalue weighted by atomic mass is 10.1. The summed E-state index contributed by atoms with van der Waals surface area (Å²) in [7, 11) is 0. The molecule has 0 bridgehead atoms. The predicted octanol–water partition coefficient (Wildman–Crippen LogP) is 4.80. The third-order valence-corrected chi connectivity index (χ3v) is 4.86. The first kappa shape index (κ1) is 19.2. The molecule has 3 aromatic rings. The van der Waals surface area contributed by atoms with E-state index in [1.165, 1.54) is 0 Å². The molecular formula is C22H26N4O3. The van der Waals surface area contributed by atoms with Gasteiger partial charge in [0, 0.05) is 28.7 Å². The van der Waals surface area contributed by atoms with Gasteiger partial charge in [-0.2, -0.15) is 4.98 Å². The van der Waals surface area contributed by atoms with E-state index < -0.39 is 5.60 Å². The van der Waals surface area contributed by atoms with Gasteiger partial charge in [0.15, 0.2) is 0 Å². The molecule has 1 aliphatic heterocycles. The molecule has 1 N–H and O–H groups in total. The van der Waals surface area contributed by atoms with Gasteiger partial charge in [-0.3, -0.25) is 0 Å². The minimum absolute atomic E-state index is 0.326. The number of nitrogens with one attached hydrogen (secondary N) is 1. The van der Waals surface area contributed by atoms with Gasteiger partial charge in [0.25, 0.3) is 5.89 Å². The molecule has 0 aliphatic carbocycles. The number of hydrogen-bond acceptors (Lipinski definition) is 5. The van der Waals surface area contributed by atoms with Crippen LogP contribution in [0, 0.1) is 0 Å². The van der Waals surface area contributed by atoms with Crippen molar-refractivity contribution in [1.82, 2.24) is 20.0 Å². The van der Waals surface area contributed by atoms with Crippen LogP contribution in [0.3, 0.4) is 0 Å². The maximum absolute atomic E-state index is 12.4. The van der Waals surface area contributed by atoms with Gasteiger partial charge in [0.05, 0.1) is 12.1 Å². The van der Waals surface area contributed by atoms with E-state index in [-0.39, 0.29) is 6.09 Å². The molecule has 1 amide bonds. The summed E-state index contributed by atoms with van der Waals surface area (Å²) < 4.78 is 11.1. The summed E-state index contributed by atoms with van der Waals surface area (Å²) in [5, 5.41) is 5.31. The highest BCUT2D eigenvalue weighted by Gasteiger charge is 2.27. The van der Waals surface area contributed by atoms with Crippen LogP contribution in [0.4, 0.5) is 4.79 Å². The Hall–Kier alpha value is -3.09. The van der Waals surface area contributed by atoms with Crippen LogP contribution in [0.5, 0.6) is 0 Å². The van der Waals surface area contributed by atoms with Crippen molar-refractivity contribution < 1.29 is 14.1 Å². The molecule has 0 atom stereocenters. The topological polar surface area (TPSA) is 84.2 Å². The molecule has 0 fully saturated rings. The van der Waals surface area contributed by atoms with Crippen molar-refractivity contribution in [3.05, 3.63) is 41.9 Å². The van der Waals surface area contributed by atoms with Gasteiger partial charge in [-0.25, -0.2) is 4.79 Å². The van der Waals surface area contributed by atoms with E-state index in [2.05, 4.69) is 28.1 Å². The normalized spacial score (nSPS) is 14.9. The zero-order valence-corrected chi connectivity index (χ0v) is 17.3.